The topological polar surface area (TPSA) is 43.8 Å². The number of aromatic nitrogens is 2. The summed E-state index contributed by atoms with van der Waals surface area (Å²) in [6.07, 6.45) is 3.64. The van der Waals surface area contributed by atoms with Crippen molar-refractivity contribution < 1.29 is 0 Å². The first-order valence-electron chi connectivity index (χ1n) is 5.94. The molecule has 4 heteroatoms. The summed E-state index contributed by atoms with van der Waals surface area (Å²) in [6, 6.07) is 0.249. The molecular weight excluding hydrogens is 266 g/mol. The van der Waals surface area contributed by atoms with Crippen LogP contribution in [-0.2, 0) is 13.5 Å². The molecule has 1 aliphatic rings. The summed E-state index contributed by atoms with van der Waals surface area (Å²) >= 11 is 3.59. The summed E-state index contributed by atoms with van der Waals surface area (Å²) in [5.41, 5.74) is 8.54. The van der Waals surface area contributed by atoms with Crippen LogP contribution in [0.15, 0.2) is 4.47 Å². The summed E-state index contributed by atoms with van der Waals surface area (Å²) in [7, 11) is 1.99. The Balaban J connectivity index is 2.07. The zero-order valence-corrected chi connectivity index (χ0v) is 11.8. The smallest absolute Gasteiger partial charge is 0.0738 e. The van der Waals surface area contributed by atoms with E-state index in [1.165, 1.54) is 18.5 Å². The number of nitrogens with zero attached hydrogens (tertiary/aromatic N) is 2. The summed E-state index contributed by atoms with van der Waals surface area (Å²) in [4.78, 5) is 0. The standard InChI is InChI=1S/C12H20BrN3/c1-7(9-4-5-9)10(14)6-11-12(13)8(2)15-16(11)3/h7,9-10H,4-6,14H2,1-3H3. The van der Waals surface area contributed by atoms with Gasteiger partial charge >= 0.3 is 0 Å². The van der Waals surface area contributed by atoms with Crippen molar-refractivity contribution in [3.8, 4) is 0 Å². The lowest BCUT2D eigenvalue weighted by Crippen LogP contribution is -2.32. The minimum absolute atomic E-state index is 0.249. The number of rotatable bonds is 4. The van der Waals surface area contributed by atoms with E-state index < -0.39 is 0 Å². The lowest BCUT2D eigenvalue weighted by molar-refractivity contribution is 0.397. The van der Waals surface area contributed by atoms with Crippen LogP contribution >= 0.6 is 15.9 Å². The predicted molar refractivity (Wildman–Crippen MR) is 69.2 cm³/mol. The van der Waals surface area contributed by atoms with Crippen LogP contribution in [0.25, 0.3) is 0 Å². The number of halogens is 1. The van der Waals surface area contributed by atoms with Crippen molar-refractivity contribution in [2.24, 2.45) is 24.6 Å². The third kappa shape index (κ3) is 2.33. The van der Waals surface area contributed by atoms with Crippen LogP contribution in [0.2, 0.25) is 0 Å². The Hall–Kier alpha value is -0.350. The second-order valence-electron chi connectivity index (χ2n) is 5.03. The van der Waals surface area contributed by atoms with Gasteiger partial charge in [-0.05, 0) is 47.5 Å². The fourth-order valence-corrected chi connectivity index (χ4v) is 2.78. The largest absolute Gasteiger partial charge is 0.327 e. The zero-order valence-electron chi connectivity index (χ0n) is 10.2. The van der Waals surface area contributed by atoms with Crippen LogP contribution in [0, 0.1) is 18.8 Å². The monoisotopic (exact) mass is 285 g/mol. The SMILES string of the molecule is Cc1nn(C)c(CC(N)C(C)C2CC2)c1Br. The third-order valence-electron chi connectivity index (χ3n) is 3.73. The van der Waals surface area contributed by atoms with E-state index in [0.717, 1.165) is 22.5 Å². The molecule has 2 rings (SSSR count). The molecule has 0 aliphatic heterocycles. The lowest BCUT2D eigenvalue weighted by Gasteiger charge is -2.19. The molecule has 1 heterocycles. The van der Waals surface area contributed by atoms with Gasteiger partial charge in [0.2, 0.25) is 0 Å². The normalized spacial score (nSPS) is 19.8. The van der Waals surface area contributed by atoms with Gasteiger partial charge in [0.15, 0.2) is 0 Å². The van der Waals surface area contributed by atoms with Crippen molar-refractivity contribution in [1.29, 1.82) is 0 Å². The molecule has 0 spiro atoms. The molecule has 0 bridgehead atoms. The fourth-order valence-electron chi connectivity index (χ4n) is 2.28. The summed E-state index contributed by atoms with van der Waals surface area (Å²) in [5, 5.41) is 4.40. The minimum atomic E-state index is 0.249. The van der Waals surface area contributed by atoms with Crippen LogP contribution in [0.4, 0.5) is 0 Å². The molecule has 0 aromatic carbocycles. The van der Waals surface area contributed by atoms with E-state index >= 15 is 0 Å². The molecular formula is C12H20BrN3. The van der Waals surface area contributed by atoms with Crippen molar-refractivity contribution in [2.45, 2.75) is 39.2 Å². The van der Waals surface area contributed by atoms with Gasteiger partial charge in [-0.2, -0.15) is 5.10 Å². The van der Waals surface area contributed by atoms with E-state index in [1.807, 2.05) is 18.7 Å². The van der Waals surface area contributed by atoms with E-state index in [-0.39, 0.29) is 6.04 Å². The Morgan fingerprint density at radius 2 is 2.19 bits per heavy atom. The molecule has 0 saturated heterocycles. The zero-order chi connectivity index (χ0) is 11.9. The van der Waals surface area contributed by atoms with Crippen LogP contribution in [0.1, 0.15) is 31.2 Å². The average molecular weight is 286 g/mol. The quantitative estimate of drug-likeness (QED) is 0.923. The van der Waals surface area contributed by atoms with E-state index in [0.29, 0.717) is 5.92 Å². The van der Waals surface area contributed by atoms with Crippen molar-refractivity contribution in [3.05, 3.63) is 15.9 Å². The van der Waals surface area contributed by atoms with Gasteiger partial charge in [0, 0.05) is 19.5 Å². The fraction of sp³-hybridized carbons (Fsp3) is 0.750. The minimum Gasteiger partial charge on any atom is -0.327 e. The van der Waals surface area contributed by atoms with E-state index in [4.69, 9.17) is 5.73 Å². The van der Waals surface area contributed by atoms with Gasteiger partial charge in [-0.15, -0.1) is 0 Å². The maximum absolute atomic E-state index is 6.28. The first-order valence-corrected chi connectivity index (χ1v) is 6.73. The molecule has 1 aromatic rings. The van der Waals surface area contributed by atoms with Gasteiger partial charge < -0.3 is 5.73 Å². The first-order chi connectivity index (χ1) is 7.50. The lowest BCUT2D eigenvalue weighted by atomic mass is 9.94. The number of nitrogens with two attached hydrogens (primary N) is 1. The number of hydrogen-bond acceptors (Lipinski definition) is 2. The van der Waals surface area contributed by atoms with E-state index in [2.05, 4.69) is 28.0 Å². The number of hydrogen-bond donors (Lipinski definition) is 1. The highest BCUT2D eigenvalue weighted by molar-refractivity contribution is 9.10. The average Bonchev–Trinajstić information content (AvgIpc) is 3.03. The third-order valence-corrected chi connectivity index (χ3v) is 4.76. The van der Waals surface area contributed by atoms with Crippen molar-refractivity contribution in [2.75, 3.05) is 0 Å². The van der Waals surface area contributed by atoms with Gasteiger partial charge in [0.05, 0.1) is 15.9 Å². The molecule has 0 amide bonds. The van der Waals surface area contributed by atoms with Gasteiger partial charge in [-0.25, -0.2) is 0 Å². The Morgan fingerprint density at radius 1 is 1.56 bits per heavy atom. The maximum Gasteiger partial charge on any atom is 0.0738 e. The molecule has 16 heavy (non-hydrogen) atoms. The predicted octanol–water partition coefficient (Wildman–Crippen LogP) is 2.41. The molecule has 90 valence electrons. The maximum atomic E-state index is 6.28. The summed E-state index contributed by atoms with van der Waals surface area (Å²) < 4.78 is 3.06. The second kappa shape index (κ2) is 4.49. The Bertz CT molecular complexity index is 382. The molecule has 2 unspecified atom stereocenters. The molecule has 1 fully saturated rings. The Morgan fingerprint density at radius 3 is 2.62 bits per heavy atom. The van der Waals surface area contributed by atoms with Crippen molar-refractivity contribution in [3.63, 3.8) is 0 Å². The highest BCUT2D eigenvalue weighted by Crippen LogP contribution is 2.38. The van der Waals surface area contributed by atoms with Crippen LogP contribution in [0.5, 0.6) is 0 Å². The molecule has 1 saturated carbocycles. The van der Waals surface area contributed by atoms with Crippen LogP contribution < -0.4 is 5.73 Å². The van der Waals surface area contributed by atoms with Gasteiger partial charge in [-0.3, -0.25) is 4.68 Å². The molecule has 2 N–H and O–H groups in total. The van der Waals surface area contributed by atoms with E-state index in [1.54, 1.807) is 0 Å². The highest BCUT2D eigenvalue weighted by Gasteiger charge is 2.32. The molecule has 1 aromatic heterocycles. The van der Waals surface area contributed by atoms with Crippen LogP contribution in [0.3, 0.4) is 0 Å². The molecule has 2 atom stereocenters. The highest BCUT2D eigenvalue weighted by atomic mass is 79.9. The summed E-state index contributed by atoms with van der Waals surface area (Å²) in [5.74, 6) is 1.49. The molecule has 3 nitrogen and oxygen atoms in total. The van der Waals surface area contributed by atoms with Crippen molar-refractivity contribution in [1.82, 2.24) is 9.78 Å². The molecule has 0 radical (unpaired) electrons. The Labute approximate surface area is 106 Å². The van der Waals surface area contributed by atoms with Crippen LogP contribution in [-0.4, -0.2) is 15.8 Å². The second-order valence-corrected chi connectivity index (χ2v) is 5.83. The van der Waals surface area contributed by atoms with Gasteiger partial charge in [0.1, 0.15) is 0 Å². The van der Waals surface area contributed by atoms with Crippen molar-refractivity contribution >= 4 is 15.9 Å². The summed E-state index contributed by atoms with van der Waals surface area (Å²) in [6.45, 7) is 4.29. The molecule has 1 aliphatic carbocycles. The van der Waals surface area contributed by atoms with Gasteiger partial charge in [-0.1, -0.05) is 6.92 Å². The first kappa shape index (κ1) is 12.1. The Kier molecular flexibility index (Phi) is 3.40. The van der Waals surface area contributed by atoms with Gasteiger partial charge in [0.25, 0.3) is 0 Å². The number of aryl methyl sites for hydroxylation is 2. The van der Waals surface area contributed by atoms with E-state index in [9.17, 15) is 0 Å².